The Morgan fingerprint density at radius 3 is 2.08 bits per heavy atom. The number of hydroxylamine groups is 1. The average molecular weight is 348 g/mol. The van der Waals surface area contributed by atoms with Gasteiger partial charge in [-0.05, 0) is 44.4 Å². The van der Waals surface area contributed by atoms with Gasteiger partial charge >= 0.3 is 0 Å². The van der Waals surface area contributed by atoms with E-state index in [2.05, 4.69) is 16.4 Å². The van der Waals surface area contributed by atoms with Crippen molar-refractivity contribution in [2.24, 2.45) is 5.90 Å². The lowest BCUT2D eigenvalue weighted by Gasteiger charge is -2.12. The number of hydrogen-bond donors (Lipinski definition) is 2. The lowest BCUT2D eigenvalue weighted by atomic mass is 10.2. The molecule has 0 spiro atoms. The van der Waals surface area contributed by atoms with Crippen molar-refractivity contribution < 1.29 is 14.4 Å². The Kier molecular flexibility index (Phi) is 14.0. The van der Waals surface area contributed by atoms with Crippen LogP contribution in [0, 0.1) is 22.7 Å². The van der Waals surface area contributed by atoms with Crippen LogP contribution in [0.4, 0.5) is 0 Å². The first-order valence-corrected chi connectivity index (χ1v) is 8.18. The SMILES string of the molecule is CC(CCC#N)ON.COc1ccc(CNOC(C)CCC#N)cc1. The van der Waals surface area contributed by atoms with Gasteiger partial charge < -0.3 is 9.57 Å². The van der Waals surface area contributed by atoms with Crippen molar-refractivity contribution >= 4 is 0 Å². The Morgan fingerprint density at radius 1 is 1.04 bits per heavy atom. The largest absolute Gasteiger partial charge is 0.497 e. The zero-order valence-corrected chi connectivity index (χ0v) is 15.2. The molecule has 1 rings (SSSR count). The topological polar surface area (TPSA) is 113 Å². The molecule has 1 aromatic rings. The maximum atomic E-state index is 8.43. The van der Waals surface area contributed by atoms with Gasteiger partial charge in [-0.2, -0.15) is 16.0 Å². The molecule has 0 fully saturated rings. The van der Waals surface area contributed by atoms with Crippen molar-refractivity contribution in [2.75, 3.05) is 7.11 Å². The van der Waals surface area contributed by atoms with Gasteiger partial charge in [0.05, 0.1) is 31.5 Å². The van der Waals surface area contributed by atoms with Crippen LogP contribution in [0.2, 0.25) is 0 Å². The number of nitriles is 2. The second-order valence-electron chi connectivity index (χ2n) is 5.44. The van der Waals surface area contributed by atoms with Crippen LogP contribution in [0.3, 0.4) is 0 Å². The fourth-order valence-electron chi connectivity index (χ4n) is 1.67. The van der Waals surface area contributed by atoms with E-state index < -0.39 is 0 Å². The lowest BCUT2D eigenvalue weighted by Crippen LogP contribution is -2.21. The molecule has 0 aliphatic heterocycles. The summed E-state index contributed by atoms with van der Waals surface area (Å²) >= 11 is 0. The smallest absolute Gasteiger partial charge is 0.118 e. The van der Waals surface area contributed by atoms with Crippen molar-refractivity contribution in [1.82, 2.24) is 5.48 Å². The second kappa shape index (κ2) is 15.4. The number of methoxy groups -OCH3 is 1. The highest BCUT2D eigenvalue weighted by Crippen LogP contribution is 2.11. The second-order valence-corrected chi connectivity index (χ2v) is 5.44. The molecule has 7 nitrogen and oxygen atoms in total. The van der Waals surface area contributed by atoms with Crippen molar-refractivity contribution in [3.05, 3.63) is 29.8 Å². The van der Waals surface area contributed by atoms with E-state index in [-0.39, 0.29) is 12.2 Å². The van der Waals surface area contributed by atoms with E-state index in [0.717, 1.165) is 17.7 Å². The molecule has 0 amide bonds. The average Bonchev–Trinajstić information content (AvgIpc) is 2.65. The van der Waals surface area contributed by atoms with Gasteiger partial charge in [-0.15, -0.1) is 0 Å². The summed E-state index contributed by atoms with van der Waals surface area (Å²) in [6.45, 7) is 4.41. The number of ether oxygens (including phenoxy) is 1. The van der Waals surface area contributed by atoms with Crippen molar-refractivity contribution in [3.8, 4) is 17.9 Å². The highest BCUT2D eigenvalue weighted by molar-refractivity contribution is 5.26. The van der Waals surface area contributed by atoms with Crippen LogP contribution in [0.25, 0.3) is 0 Å². The molecule has 2 atom stereocenters. The number of nitrogens with zero attached hydrogens (tertiary/aromatic N) is 2. The molecular formula is C18H28N4O3. The highest BCUT2D eigenvalue weighted by Gasteiger charge is 2.01. The van der Waals surface area contributed by atoms with Crippen LogP contribution in [0.1, 0.15) is 45.1 Å². The summed E-state index contributed by atoms with van der Waals surface area (Å²) in [6.07, 6.45) is 2.55. The Labute approximate surface area is 150 Å². The van der Waals surface area contributed by atoms with E-state index in [4.69, 9.17) is 26.0 Å². The Bertz CT molecular complexity index is 523. The van der Waals surface area contributed by atoms with E-state index in [1.807, 2.05) is 44.2 Å². The summed E-state index contributed by atoms with van der Waals surface area (Å²) in [5.74, 6) is 5.65. The summed E-state index contributed by atoms with van der Waals surface area (Å²) in [5.41, 5.74) is 4.02. The molecular weight excluding hydrogens is 320 g/mol. The molecule has 0 saturated heterocycles. The third kappa shape index (κ3) is 12.9. The summed E-state index contributed by atoms with van der Waals surface area (Å²) in [6, 6.07) is 11.9. The molecule has 25 heavy (non-hydrogen) atoms. The van der Waals surface area contributed by atoms with Gasteiger partial charge in [-0.3, -0.25) is 4.84 Å². The summed E-state index contributed by atoms with van der Waals surface area (Å²) in [4.78, 5) is 9.77. The minimum Gasteiger partial charge on any atom is -0.497 e. The van der Waals surface area contributed by atoms with Crippen LogP contribution in [-0.2, 0) is 16.2 Å². The minimum absolute atomic E-state index is 0.00894. The molecule has 3 N–H and O–H groups in total. The summed E-state index contributed by atoms with van der Waals surface area (Å²) in [7, 11) is 1.65. The maximum absolute atomic E-state index is 8.43. The molecule has 1 aromatic carbocycles. The zero-order valence-electron chi connectivity index (χ0n) is 15.2. The van der Waals surface area contributed by atoms with E-state index in [1.54, 1.807) is 7.11 Å². The highest BCUT2D eigenvalue weighted by atomic mass is 16.7. The lowest BCUT2D eigenvalue weighted by molar-refractivity contribution is -0.0218. The maximum Gasteiger partial charge on any atom is 0.118 e. The van der Waals surface area contributed by atoms with Crippen molar-refractivity contribution in [1.29, 1.82) is 10.5 Å². The molecule has 7 heteroatoms. The predicted molar refractivity (Wildman–Crippen MR) is 94.8 cm³/mol. The molecule has 2 unspecified atom stereocenters. The standard InChI is InChI=1S/C13H18N2O2.C5H10N2O/c1-11(4-3-9-14)17-15-10-12-5-7-13(16-2)8-6-12;1-5(8-7)3-2-4-6/h5-8,11,15H,3-4,10H2,1-2H3;5H,2-3,7H2,1H3. The van der Waals surface area contributed by atoms with E-state index in [0.29, 0.717) is 25.8 Å². The molecule has 0 aliphatic carbocycles. The number of nitrogens with two attached hydrogens (primary N) is 1. The number of benzene rings is 1. The Hall–Kier alpha value is -2.16. The van der Waals surface area contributed by atoms with Gasteiger partial charge in [0, 0.05) is 19.4 Å². The predicted octanol–water partition coefficient (Wildman–Crippen LogP) is 2.98. The van der Waals surface area contributed by atoms with E-state index in [9.17, 15) is 0 Å². The van der Waals surface area contributed by atoms with Crippen LogP contribution in [0.15, 0.2) is 24.3 Å². The first-order valence-electron chi connectivity index (χ1n) is 8.18. The third-order valence-corrected chi connectivity index (χ3v) is 3.28. The quantitative estimate of drug-likeness (QED) is 0.625. The van der Waals surface area contributed by atoms with Crippen LogP contribution in [-0.4, -0.2) is 19.3 Å². The van der Waals surface area contributed by atoms with Crippen LogP contribution < -0.4 is 16.1 Å². The Morgan fingerprint density at radius 2 is 1.60 bits per heavy atom. The van der Waals surface area contributed by atoms with Gasteiger partial charge in [0.2, 0.25) is 0 Å². The first kappa shape index (κ1) is 22.8. The Balaban J connectivity index is 0.000000609. The summed E-state index contributed by atoms with van der Waals surface area (Å²) < 4.78 is 5.07. The fourth-order valence-corrected chi connectivity index (χ4v) is 1.67. The molecule has 0 aliphatic rings. The van der Waals surface area contributed by atoms with E-state index in [1.165, 1.54) is 0 Å². The molecule has 138 valence electrons. The third-order valence-electron chi connectivity index (χ3n) is 3.28. The van der Waals surface area contributed by atoms with Crippen LogP contribution in [0.5, 0.6) is 5.75 Å². The monoisotopic (exact) mass is 348 g/mol. The number of hydrogen-bond acceptors (Lipinski definition) is 7. The molecule has 0 bridgehead atoms. The fraction of sp³-hybridized carbons (Fsp3) is 0.556. The normalized spacial score (nSPS) is 12.1. The van der Waals surface area contributed by atoms with E-state index >= 15 is 0 Å². The van der Waals surface area contributed by atoms with Crippen molar-refractivity contribution in [2.45, 2.75) is 58.3 Å². The molecule has 0 radical (unpaired) electrons. The van der Waals surface area contributed by atoms with Crippen molar-refractivity contribution in [3.63, 3.8) is 0 Å². The summed E-state index contributed by atoms with van der Waals surface area (Å²) in [5, 5.41) is 16.5. The van der Waals surface area contributed by atoms with Crippen LogP contribution >= 0.6 is 0 Å². The van der Waals surface area contributed by atoms with Gasteiger partial charge in [0.25, 0.3) is 0 Å². The first-order chi connectivity index (χ1) is 12.1. The van der Waals surface area contributed by atoms with Gasteiger partial charge in [-0.1, -0.05) is 12.1 Å². The van der Waals surface area contributed by atoms with Gasteiger partial charge in [0.1, 0.15) is 5.75 Å². The number of rotatable bonds is 10. The number of nitrogens with one attached hydrogen (secondary N) is 1. The molecule has 0 heterocycles. The van der Waals surface area contributed by atoms with Gasteiger partial charge in [-0.25, -0.2) is 5.90 Å². The molecule has 0 saturated carbocycles. The minimum atomic E-state index is 0.00894. The molecule has 0 aromatic heterocycles. The zero-order chi connectivity index (χ0) is 18.9. The van der Waals surface area contributed by atoms with Gasteiger partial charge in [0.15, 0.2) is 0 Å².